The van der Waals surface area contributed by atoms with Crippen LogP contribution in [0, 0.1) is 0 Å². The van der Waals surface area contributed by atoms with Crippen LogP contribution < -0.4 is 29.1 Å². The van der Waals surface area contributed by atoms with Gasteiger partial charge in [0.05, 0.1) is 35.6 Å². The van der Waals surface area contributed by atoms with Crippen LogP contribution in [-0.2, 0) is 14.3 Å². The van der Waals surface area contributed by atoms with Crippen LogP contribution >= 0.6 is 11.3 Å². The van der Waals surface area contributed by atoms with Gasteiger partial charge in [-0.1, -0.05) is 35.6 Å². The molecule has 1 aromatic heterocycles. The summed E-state index contributed by atoms with van der Waals surface area (Å²) in [6.07, 6.45) is 1.74. The standard InChI is InChI=1S/C32H28N2O7S/c1-5-39-31(37)28-19(2)33-32-34(30(36)27(42-32)18-21-6-10-24(11-7-21)40-20(3)35)29(28)22-8-12-25(13-9-22)41-26-16-14-23(38-4)15-17-26/h6-18,29H,5H2,1-4H3/b27-18+. The lowest BCUT2D eigenvalue weighted by Crippen LogP contribution is -2.39. The fourth-order valence-corrected chi connectivity index (χ4v) is 5.60. The molecular weight excluding hydrogens is 556 g/mol. The van der Waals surface area contributed by atoms with Crippen molar-refractivity contribution in [1.29, 1.82) is 0 Å². The number of carbonyl (C=O) groups is 2. The summed E-state index contributed by atoms with van der Waals surface area (Å²) < 4.78 is 23.6. The van der Waals surface area contributed by atoms with Gasteiger partial charge in [0, 0.05) is 6.92 Å². The first-order chi connectivity index (χ1) is 20.3. The summed E-state index contributed by atoms with van der Waals surface area (Å²) >= 11 is 1.23. The third kappa shape index (κ3) is 6.03. The second-order valence-electron chi connectivity index (χ2n) is 9.31. The molecule has 214 valence electrons. The summed E-state index contributed by atoms with van der Waals surface area (Å²) in [5.41, 5.74) is 1.93. The molecule has 1 aliphatic rings. The van der Waals surface area contributed by atoms with Gasteiger partial charge in [0.1, 0.15) is 23.0 Å². The maximum atomic E-state index is 13.8. The van der Waals surface area contributed by atoms with Gasteiger partial charge in [-0.15, -0.1) is 0 Å². The topological polar surface area (TPSA) is 105 Å². The van der Waals surface area contributed by atoms with E-state index >= 15 is 0 Å². The Bertz CT molecular complexity index is 1840. The van der Waals surface area contributed by atoms with Crippen LogP contribution in [0.2, 0.25) is 0 Å². The van der Waals surface area contributed by atoms with Crippen LogP contribution in [0.4, 0.5) is 0 Å². The molecule has 4 aromatic rings. The van der Waals surface area contributed by atoms with Crippen LogP contribution in [0.25, 0.3) is 6.08 Å². The molecule has 42 heavy (non-hydrogen) atoms. The third-order valence-corrected chi connectivity index (χ3v) is 7.43. The molecule has 10 heteroatoms. The van der Waals surface area contributed by atoms with Crippen molar-refractivity contribution >= 4 is 29.4 Å². The predicted molar refractivity (Wildman–Crippen MR) is 158 cm³/mol. The summed E-state index contributed by atoms with van der Waals surface area (Å²) in [5, 5.41) is 0. The molecule has 9 nitrogen and oxygen atoms in total. The van der Waals surface area contributed by atoms with Crippen LogP contribution in [0.5, 0.6) is 23.0 Å². The Morgan fingerprint density at radius 1 is 0.929 bits per heavy atom. The molecule has 2 heterocycles. The molecule has 0 radical (unpaired) electrons. The molecule has 5 rings (SSSR count). The number of methoxy groups -OCH3 is 1. The van der Waals surface area contributed by atoms with Gasteiger partial charge in [-0.05, 0) is 79.6 Å². The molecule has 1 atom stereocenters. The summed E-state index contributed by atoms with van der Waals surface area (Å²) in [5.74, 6) is 1.42. The van der Waals surface area contributed by atoms with Crippen molar-refractivity contribution in [3.63, 3.8) is 0 Å². The molecule has 0 saturated carbocycles. The zero-order valence-electron chi connectivity index (χ0n) is 23.5. The van der Waals surface area contributed by atoms with Crippen molar-refractivity contribution in [3.8, 4) is 23.0 Å². The normalized spacial score (nSPS) is 14.6. The van der Waals surface area contributed by atoms with Gasteiger partial charge in [-0.2, -0.15) is 0 Å². The van der Waals surface area contributed by atoms with E-state index in [-0.39, 0.29) is 12.2 Å². The van der Waals surface area contributed by atoms with Gasteiger partial charge < -0.3 is 18.9 Å². The highest BCUT2D eigenvalue weighted by atomic mass is 32.1. The summed E-state index contributed by atoms with van der Waals surface area (Å²) in [4.78, 5) is 43.3. The highest BCUT2D eigenvalue weighted by Crippen LogP contribution is 2.32. The summed E-state index contributed by atoms with van der Waals surface area (Å²) in [7, 11) is 1.60. The van der Waals surface area contributed by atoms with Gasteiger partial charge in [0.2, 0.25) is 0 Å². The number of nitrogens with zero attached hydrogens (tertiary/aromatic N) is 2. The van der Waals surface area contributed by atoms with Crippen molar-refractivity contribution in [3.05, 3.63) is 115 Å². The molecule has 0 amide bonds. The van der Waals surface area contributed by atoms with E-state index in [1.165, 1.54) is 22.8 Å². The lowest BCUT2D eigenvalue weighted by molar-refractivity contribution is -0.139. The number of aromatic nitrogens is 1. The molecule has 1 unspecified atom stereocenters. The Labute approximate surface area is 245 Å². The summed E-state index contributed by atoms with van der Waals surface area (Å²) in [6.45, 7) is 4.99. The number of fused-ring (bicyclic) bond motifs is 1. The van der Waals surface area contributed by atoms with Crippen molar-refractivity contribution in [2.24, 2.45) is 4.99 Å². The molecule has 3 aromatic carbocycles. The molecule has 0 fully saturated rings. The van der Waals surface area contributed by atoms with E-state index in [1.54, 1.807) is 75.6 Å². The lowest BCUT2D eigenvalue weighted by atomic mass is 9.96. The van der Waals surface area contributed by atoms with E-state index in [0.29, 0.717) is 43.4 Å². The predicted octanol–water partition coefficient (Wildman–Crippen LogP) is 4.52. The zero-order valence-corrected chi connectivity index (χ0v) is 24.3. The van der Waals surface area contributed by atoms with Crippen molar-refractivity contribution in [2.45, 2.75) is 26.8 Å². The maximum Gasteiger partial charge on any atom is 0.338 e. The van der Waals surface area contributed by atoms with Crippen LogP contribution in [0.15, 0.2) is 93.9 Å². The molecule has 0 spiro atoms. The third-order valence-electron chi connectivity index (χ3n) is 6.45. The van der Waals surface area contributed by atoms with Crippen LogP contribution in [0.3, 0.4) is 0 Å². The average molecular weight is 585 g/mol. The van der Waals surface area contributed by atoms with Gasteiger partial charge in [0.25, 0.3) is 5.56 Å². The second kappa shape index (κ2) is 12.3. The van der Waals surface area contributed by atoms with E-state index in [1.807, 2.05) is 24.3 Å². The quantitative estimate of drug-likeness (QED) is 0.221. The number of esters is 2. The number of rotatable bonds is 8. The van der Waals surface area contributed by atoms with E-state index in [0.717, 1.165) is 11.3 Å². The maximum absolute atomic E-state index is 13.8. The molecule has 1 aliphatic heterocycles. The van der Waals surface area contributed by atoms with E-state index < -0.39 is 18.0 Å². The highest BCUT2D eigenvalue weighted by Gasteiger charge is 2.33. The first-order valence-electron chi connectivity index (χ1n) is 13.2. The van der Waals surface area contributed by atoms with Crippen molar-refractivity contribution < 1.29 is 28.5 Å². The molecule has 0 bridgehead atoms. The lowest BCUT2D eigenvalue weighted by Gasteiger charge is -2.24. The minimum atomic E-state index is -0.746. The Morgan fingerprint density at radius 3 is 2.12 bits per heavy atom. The minimum absolute atomic E-state index is 0.185. The number of benzene rings is 3. The fraction of sp³-hybridized carbons (Fsp3) is 0.188. The molecular formula is C32H28N2O7S. The first kappa shape index (κ1) is 28.6. The minimum Gasteiger partial charge on any atom is -0.497 e. The van der Waals surface area contributed by atoms with Gasteiger partial charge >= 0.3 is 11.9 Å². The highest BCUT2D eigenvalue weighted by molar-refractivity contribution is 7.07. The number of ether oxygens (including phenoxy) is 4. The largest absolute Gasteiger partial charge is 0.497 e. The number of carbonyl (C=O) groups excluding carboxylic acids is 2. The Hall–Kier alpha value is -4.96. The van der Waals surface area contributed by atoms with Crippen LogP contribution in [-0.4, -0.2) is 30.2 Å². The number of allylic oxidation sites excluding steroid dienone is 1. The first-order valence-corrected chi connectivity index (χ1v) is 14.0. The Balaban J connectivity index is 1.54. The van der Waals surface area contributed by atoms with E-state index in [4.69, 9.17) is 18.9 Å². The van der Waals surface area contributed by atoms with E-state index in [2.05, 4.69) is 4.99 Å². The van der Waals surface area contributed by atoms with Gasteiger partial charge in [-0.25, -0.2) is 9.79 Å². The Morgan fingerprint density at radius 2 is 1.52 bits per heavy atom. The summed E-state index contributed by atoms with van der Waals surface area (Å²) in [6, 6.07) is 20.5. The van der Waals surface area contributed by atoms with Gasteiger partial charge in [-0.3, -0.25) is 14.2 Å². The number of thiazole rings is 1. The Kier molecular flexibility index (Phi) is 8.35. The van der Waals surface area contributed by atoms with Crippen molar-refractivity contribution in [2.75, 3.05) is 13.7 Å². The van der Waals surface area contributed by atoms with Crippen molar-refractivity contribution in [1.82, 2.24) is 4.57 Å². The smallest absolute Gasteiger partial charge is 0.338 e. The second-order valence-corrected chi connectivity index (χ2v) is 10.3. The molecule has 0 saturated heterocycles. The monoisotopic (exact) mass is 584 g/mol. The average Bonchev–Trinajstić information content (AvgIpc) is 3.28. The SMILES string of the molecule is CCOC(=O)C1=C(C)N=c2s/c(=C/c3ccc(OC(C)=O)cc3)c(=O)n2C1c1ccc(Oc2ccc(OC)cc2)cc1. The zero-order chi connectivity index (χ0) is 29.8. The van der Waals surface area contributed by atoms with E-state index in [9.17, 15) is 14.4 Å². The molecule has 0 aliphatic carbocycles. The number of hydrogen-bond acceptors (Lipinski definition) is 9. The number of hydrogen-bond donors (Lipinski definition) is 0. The fourth-order valence-electron chi connectivity index (χ4n) is 4.55. The molecule has 0 N–H and O–H groups in total. The van der Waals surface area contributed by atoms with Gasteiger partial charge in [0.15, 0.2) is 4.80 Å². The van der Waals surface area contributed by atoms with Crippen LogP contribution in [0.1, 0.15) is 37.9 Å².